The van der Waals surface area contributed by atoms with Crippen LogP contribution in [0.3, 0.4) is 0 Å². The Hall–Kier alpha value is -0.410. The molecular weight excluding hydrogens is 204 g/mol. The zero-order valence-corrected chi connectivity index (χ0v) is 10.4. The first-order valence-electron chi connectivity index (χ1n) is 5.88. The van der Waals surface area contributed by atoms with Crippen molar-refractivity contribution in [3.63, 3.8) is 0 Å². The highest BCUT2D eigenvalue weighted by Crippen LogP contribution is 2.30. The van der Waals surface area contributed by atoms with E-state index in [0.29, 0.717) is 6.04 Å². The molecule has 1 aromatic heterocycles. The third-order valence-electron chi connectivity index (χ3n) is 3.18. The molecule has 1 fully saturated rings. The van der Waals surface area contributed by atoms with Gasteiger partial charge < -0.3 is 5.32 Å². The van der Waals surface area contributed by atoms with Crippen molar-refractivity contribution in [3.8, 4) is 0 Å². The Morgan fingerprint density at radius 3 is 2.93 bits per heavy atom. The van der Waals surface area contributed by atoms with Crippen molar-refractivity contribution >= 4 is 11.3 Å². The van der Waals surface area contributed by atoms with E-state index in [-0.39, 0.29) is 0 Å². The summed E-state index contributed by atoms with van der Waals surface area (Å²) in [5, 5.41) is 4.77. The Balaban J connectivity index is 1.68. The second-order valence-electron chi connectivity index (χ2n) is 4.68. The van der Waals surface area contributed by atoms with Crippen molar-refractivity contribution in [2.24, 2.45) is 5.92 Å². The maximum atomic E-state index is 4.36. The Morgan fingerprint density at radius 2 is 2.40 bits per heavy atom. The summed E-state index contributed by atoms with van der Waals surface area (Å²) in [6.45, 7) is 5.34. The summed E-state index contributed by atoms with van der Waals surface area (Å²) in [5.74, 6) is 0.991. The minimum Gasteiger partial charge on any atom is -0.308 e. The maximum Gasteiger partial charge on any atom is 0.107 e. The lowest BCUT2D eigenvalue weighted by molar-refractivity contribution is 0.265. The van der Waals surface area contributed by atoms with Gasteiger partial charge in [0.2, 0.25) is 0 Å². The summed E-state index contributed by atoms with van der Waals surface area (Å²) in [7, 11) is 0. The van der Waals surface area contributed by atoms with Gasteiger partial charge in [-0.25, -0.2) is 4.98 Å². The standard InChI is InChI=1S/C12H20N2S/c1-9(6-11-4-3-5-11)13-8-12-14-7-10(2)15-12/h7,9,11,13H,3-6,8H2,1-2H3. The van der Waals surface area contributed by atoms with Gasteiger partial charge in [0.1, 0.15) is 5.01 Å². The Bertz CT molecular complexity index is 304. The third kappa shape index (κ3) is 3.28. The summed E-state index contributed by atoms with van der Waals surface area (Å²) < 4.78 is 0. The van der Waals surface area contributed by atoms with E-state index in [1.807, 2.05) is 6.20 Å². The molecule has 0 bridgehead atoms. The highest BCUT2D eigenvalue weighted by molar-refractivity contribution is 7.11. The van der Waals surface area contributed by atoms with Crippen molar-refractivity contribution < 1.29 is 0 Å². The van der Waals surface area contributed by atoms with Gasteiger partial charge in [-0.15, -0.1) is 11.3 Å². The average molecular weight is 224 g/mol. The van der Waals surface area contributed by atoms with Crippen LogP contribution >= 0.6 is 11.3 Å². The number of rotatable bonds is 5. The fourth-order valence-corrected chi connectivity index (χ4v) is 2.79. The minimum atomic E-state index is 0.638. The van der Waals surface area contributed by atoms with Crippen molar-refractivity contribution in [3.05, 3.63) is 16.1 Å². The van der Waals surface area contributed by atoms with Gasteiger partial charge in [-0.1, -0.05) is 19.3 Å². The maximum absolute atomic E-state index is 4.36. The van der Waals surface area contributed by atoms with Crippen LogP contribution in [0, 0.1) is 12.8 Å². The zero-order chi connectivity index (χ0) is 10.7. The summed E-state index contributed by atoms with van der Waals surface area (Å²) in [6, 6.07) is 0.638. The third-order valence-corrected chi connectivity index (χ3v) is 4.10. The number of hydrogen-bond donors (Lipinski definition) is 1. The molecule has 2 rings (SSSR count). The highest BCUT2D eigenvalue weighted by Gasteiger charge is 2.19. The van der Waals surface area contributed by atoms with E-state index in [2.05, 4.69) is 24.1 Å². The van der Waals surface area contributed by atoms with Crippen LogP contribution in [-0.2, 0) is 6.54 Å². The molecule has 84 valence electrons. The smallest absolute Gasteiger partial charge is 0.107 e. The van der Waals surface area contributed by atoms with Crippen LogP contribution in [0.5, 0.6) is 0 Å². The molecule has 0 aromatic carbocycles. The topological polar surface area (TPSA) is 24.9 Å². The molecule has 1 aromatic rings. The molecule has 3 heteroatoms. The predicted molar refractivity (Wildman–Crippen MR) is 65.1 cm³/mol. The van der Waals surface area contributed by atoms with Crippen LogP contribution in [0.25, 0.3) is 0 Å². The van der Waals surface area contributed by atoms with Crippen LogP contribution < -0.4 is 5.32 Å². The lowest BCUT2D eigenvalue weighted by Gasteiger charge is -2.28. The number of nitrogens with zero attached hydrogens (tertiary/aromatic N) is 1. The Morgan fingerprint density at radius 1 is 1.60 bits per heavy atom. The largest absolute Gasteiger partial charge is 0.308 e. The lowest BCUT2D eigenvalue weighted by atomic mass is 9.81. The molecule has 1 unspecified atom stereocenters. The average Bonchev–Trinajstić information content (AvgIpc) is 2.55. The fraction of sp³-hybridized carbons (Fsp3) is 0.750. The molecule has 0 saturated heterocycles. The second-order valence-corrected chi connectivity index (χ2v) is 6.00. The number of hydrogen-bond acceptors (Lipinski definition) is 3. The molecule has 1 aliphatic carbocycles. The van der Waals surface area contributed by atoms with Gasteiger partial charge in [-0.05, 0) is 26.2 Å². The summed E-state index contributed by atoms with van der Waals surface area (Å²) in [4.78, 5) is 5.66. The van der Waals surface area contributed by atoms with E-state index in [1.54, 1.807) is 11.3 Å². The predicted octanol–water partition coefficient (Wildman–Crippen LogP) is 3.12. The van der Waals surface area contributed by atoms with Crippen LogP contribution in [-0.4, -0.2) is 11.0 Å². The van der Waals surface area contributed by atoms with E-state index in [9.17, 15) is 0 Å². The first kappa shape index (κ1) is 11.1. The first-order valence-corrected chi connectivity index (χ1v) is 6.70. The van der Waals surface area contributed by atoms with Gasteiger partial charge >= 0.3 is 0 Å². The van der Waals surface area contributed by atoms with E-state index >= 15 is 0 Å². The monoisotopic (exact) mass is 224 g/mol. The SMILES string of the molecule is Cc1cnc(CNC(C)CC2CCC2)s1. The van der Waals surface area contributed by atoms with E-state index in [4.69, 9.17) is 0 Å². The van der Waals surface area contributed by atoms with Gasteiger partial charge in [-0.2, -0.15) is 0 Å². The molecule has 0 radical (unpaired) electrons. The molecule has 0 aliphatic heterocycles. The quantitative estimate of drug-likeness (QED) is 0.831. The normalized spacial score (nSPS) is 18.8. The summed E-state index contributed by atoms with van der Waals surface area (Å²) in [5.41, 5.74) is 0. The molecule has 1 aliphatic rings. The van der Waals surface area contributed by atoms with Gasteiger partial charge in [0.05, 0.1) is 0 Å². The molecule has 15 heavy (non-hydrogen) atoms. The molecule has 1 saturated carbocycles. The van der Waals surface area contributed by atoms with Gasteiger partial charge in [0.15, 0.2) is 0 Å². The molecule has 1 heterocycles. The molecular formula is C12H20N2S. The van der Waals surface area contributed by atoms with Crippen molar-refractivity contribution in [1.82, 2.24) is 10.3 Å². The first-order chi connectivity index (χ1) is 7.24. The van der Waals surface area contributed by atoms with E-state index in [1.165, 1.54) is 35.6 Å². The Labute approximate surface area is 96.1 Å². The van der Waals surface area contributed by atoms with Crippen LogP contribution in [0.1, 0.15) is 42.5 Å². The lowest BCUT2D eigenvalue weighted by Crippen LogP contribution is -2.29. The molecule has 0 spiro atoms. The number of aromatic nitrogens is 1. The molecule has 1 N–H and O–H groups in total. The van der Waals surface area contributed by atoms with Crippen molar-refractivity contribution in [1.29, 1.82) is 0 Å². The highest BCUT2D eigenvalue weighted by atomic mass is 32.1. The number of thiazole rings is 1. The Kier molecular flexibility index (Phi) is 3.76. The fourth-order valence-electron chi connectivity index (χ4n) is 2.06. The van der Waals surface area contributed by atoms with Gasteiger partial charge in [0, 0.05) is 23.7 Å². The summed E-state index contributed by atoms with van der Waals surface area (Å²) in [6.07, 6.45) is 7.64. The zero-order valence-electron chi connectivity index (χ0n) is 9.62. The summed E-state index contributed by atoms with van der Waals surface area (Å²) >= 11 is 1.79. The van der Waals surface area contributed by atoms with E-state index < -0.39 is 0 Å². The van der Waals surface area contributed by atoms with Gasteiger partial charge in [0.25, 0.3) is 0 Å². The van der Waals surface area contributed by atoms with Crippen molar-refractivity contribution in [2.75, 3.05) is 0 Å². The van der Waals surface area contributed by atoms with Crippen LogP contribution in [0.15, 0.2) is 6.20 Å². The van der Waals surface area contributed by atoms with Gasteiger partial charge in [-0.3, -0.25) is 0 Å². The van der Waals surface area contributed by atoms with Crippen LogP contribution in [0.2, 0.25) is 0 Å². The molecule has 0 amide bonds. The number of aryl methyl sites for hydroxylation is 1. The molecule has 1 atom stereocenters. The minimum absolute atomic E-state index is 0.638. The number of nitrogens with one attached hydrogen (secondary N) is 1. The van der Waals surface area contributed by atoms with E-state index in [0.717, 1.165) is 12.5 Å². The van der Waals surface area contributed by atoms with Crippen LogP contribution in [0.4, 0.5) is 0 Å². The van der Waals surface area contributed by atoms with Crippen molar-refractivity contribution in [2.45, 2.75) is 52.1 Å². The molecule has 2 nitrogen and oxygen atoms in total. The second kappa shape index (κ2) is 5.08.